The van der Waals surface area contributed by atoms with Gasteiger partial charge in [-0.15, -0.1) is 11.3 Å². The molecular weight excluding hydrogens is 527 g/mol. The molecule has 2 aliphatic heterocycles. The molecule has 2 aliphatic rings. The summed E-state index contributed by atoms with van der Waals surface area (Å²) in [5.41, 5.74) is 7.67. The molecule has 3 N–H and O–H groups in total. The van der Waals surface area contributed by atoms with Gasteiger partial charge in [-0.25, -0.2) is 17.8 Å². The third-order valence-electron chi connectivity index (χ3n) is 7.78. The monoisotopic (exact) mass is 562 g/mol. The van der Waals surface area contributed by atoms with E-state index in [0.29, 0.717) is 62.9 Å². The van der Waals surface area contributed by atoms with Gasteiger partial charge in [-0.2, -0.15) is 4.31 Å². The molecule has 4 heterocycles. The van der Waals surface area contributed by atoms with E-state index in [1.54, 1.807) is 28.8 Å². The fourth-order valence-corrected chi connectivity index (χ4v) is 8.06. The number of piperazine rings is 1. The number of anilines is 1. The summed E-state index contributed by atoms with van der Waals surface area (Å²) in [5.74, 6) is -0.259. The van der Waals surface area contributed by atoms with Crippen LogP contribution >= 0.6 is 11.3 Å². The van der Waals surface area contributed by atoms with E-state index in [9.17, 15) is 17.9 Å². The van der Waals surface area contributed by atoms with Gasteiger partial charge in [0, 0.05) is 57.5 Å². The number of aliphatic hydroxyl groups excluding tert-OH is 1. The first kappa shape index (κ1) is 27.2. The minimum absolute atomic E-state index is 0.00704. The van der Waals surface area contributed by atoms with Crippen molar-refractivity contribution >= 4 is 26.4 Å². The fourth-order valence-electron chi connectivity index (χ4n) is 5.14. The number of sulfonamides is 1. The van der Waals surface area contributed by atoms with Crippen LogP contribution in [0.2, 0.25) is 0 Å². The highest BCUT2D eigenvalue weighted by molar-refractivity contribution is 7.91. The molecule has 206 valence electrons. The molecule has 9 nitrogen and oxygen atoms in total. The Kier molecular flexibility index (Phi) is 7.90. The summed E-state index contributed by atoms with van der Waals surface area (Å²) in [6.45, 7) is 6.18. The molecule has 0 spiro atoms. The van der Waals surface area contributed by atoms with Crippen LogP contribution in [-0.2, 0) is 16.6 Å². The molecule has 3 aromatic rings. The van der Waals surface area contributed by atoms with Crippen LogP contribution < -0.4 is 10.6 Å². The van der Waals surface area contributed by atoms with Crippen LogP contribution in [0.25, 0.3) is 0 Å². The number of aliphatic hydroxyl groups is 1. The number of aromatic nitrogens is 2. The van der Waals surface area contributed by atoms with Crippen molar-refractivity contribution in [2.75, 3.05) is 50.8 Å². The Morgan fingerprint density at radius 2 is 1.76 bits per heavy atom. The zero-order valence-electron chi connectivity index (χ0n) is 21.5. The average molecular weight is 563 g/mol. The molecular formula is C26H35FN6O3S2. The average Bonchev–Trinajstić information content (AvgIpc) is 3.60. The van der Waals surface area contributed by atoms with E-state index < -0.39 is 15.6 Å². The van der Waals surface area contributed by atoms with Crippen molar-refractivity contribution in [2.45, 2.75) is 42.1 Å². The molecule has 5 rings (SSSR count). The SMILES string of the molecule is CC(c1ccc(F)cc1)n1cncc1CN1CCN(S(=O)(=O)c2ccc(N3CCC(N)(CO)CC3)s2)CC1. The van der Waals surface area contributed by atoms with E-state index in [1.807, 2.05) is 12.3 Å². The number of rotatable bonds is 8. The molecule has 0 aliphatic carbocycles. The Labute approximate surface area is 227 Å². The van der Waals surface area contributed by atoms with Crippen molar-refractivity contribution in [2.24, 2.45) is 5.73 Å². The van der Waals surface area contributed by atoms with Crippen molar-refractivity contribution in [1.82, 2.24) is 18.8 Å². The summed E-state index contributed by atoms with van der Waals surface area (Å²) < 4.78 is 44.1. The number of hydrogen-bond donors (Lipinski definition) is 2. The molecule has 1 atom stereocenters. The number of nitrogens with two attached hydrogens (primary N) is 1. The maximum absolute atomic E-state index is 13.4. The maximum Gasteiger partial charge on any atom is 0.252 e. The lowest BCUT2D eigenvalue weighted by Crippen LogP contribution is -2.52. The predicted octanol–water partition coefficient (Wildman–Crippen LogP) is 2.49. The normalized spacial score (nSPS) is 20.1. The number of piperidine rings is 1. The minimum Gasteiger partial charge on any atom is -0.394 e. The lowest BCUT2D eigenvalue weighted by molar-refractivity contribution is 0.170. The maximum atomic E-state index is 13.4. The first-order valence-electron chi connectivity index (χ1n) is 12.9. The van der Waals surface area contributed by atoms with Crippen LogP contribution in [0.1, 0.15) is 37.1 Å². The van der Waals surface area contributed by atoms with Gasteiger partial charge in [0.1, 0.15) is 10.0 Å². The molecule has 2 saturated heterocycles. The molecule has 2 fully saturated rings. The molecule has 0 amide bonds. The largest absolute Gasteiger partial charge is 0.394 e. The predicted molar refractivity (Wildman–Crippen MR) is 146 cm³/mol. The highest BCUT2D eigenvalue weighted by Crippen LogP contribution is 2.34. The van der Waals surface area contributed by atoms with E-state index >= 15 is 0 Å². The molecule has 12 heteroatoms. The van der Waals surface area contributed by atoms with Crippen LogP contribution in [0, 0.1) is 5.82 Å². The number of benzene rings is 1. The van der Waals surface area contributed by atoms with Crippen LogP contribution in [0.15, 0.2) is 53.1 Å². The third kappa shape index (κ3) is 5.65. The van der Waals surface area contributed by atoms with Crippen molar-refractivity contribution in [3.63, 3.8) is 0 Å². The summed E-state index contributed by atoms with van der Waals surface area (Å²) in [5, 5.41) is 10.4. The van der Waals surface area contributed by atoms with Crippen molar-refractivity contribution in [3.8, 4) is 0 Å². The second-order valence-electron chi connectivity index (χ2n) is 10.3. The molecule has 0 saturated carbocycles. The fraction of sp³-hybridized carbons (Fsp3) is 0.500. The number of nitrogens with zero attached hydrogens (tertiary/aromatic N) is 5. The summed E-state index contributed by atoms with van der Waals surface area (Å²) >= 11 is 1.30. The number of imidazole rings is 1. The molecule has 1 unspecified atom stereocenters. The Morgan fingerprint density at radius 3 is 2.42 bits per heavy atom. The highest BCUT2D eigenvalue weighted by atomic mass is 32.2. The molecule has 0 radical (unpaired) electrons. The second kappa shape index (κ2) is 11.0. The van der Waals surface area contributed by atoms with Crippen LogP contribution in [-0.4, -0.2) is 83.7 Å². The van der Waals surface area contributed by atoms with E-state index in [2.05, 4.69) is 26.3 Å². The Balaban J connectivity index is 1.18. The van der Waals surface area contributed by atoms with Crippen molar-refractivity contribution in [3.05, 3.63) is 66.0 Å². The molecule has 1 aromatic carbocycles. The Morgan fingerprint density at radius 1 is 1.08 bits per heavy atom. The van der Waals surface area contributed by atoms with Gasteiger partial charge < -0.3 is 20.3 Å². The lowest BCUT2D eigenvalue weighted by Gasteiger charge is -2.38. The Bertz CT molecular complexity index is 1330. The molecule has 2 aromatic heterocycles. The van der Waals surface area contributed by atoms with E-state index in [1.165, 1.54) is 23.5 Å². The summed E-state index contributed by atoms with van der Waals surface area (Å²) in [4.78, 5) is 8.73. The van der Waals surface area contributed by atoms with Gasteiger partial charge >= 0.3 is 0 Å². The van der Waals surface area contributed by atoms with E-state index in [4.69, 9.17) is 5.73 Å². The van der Waals surface area contributed by atoms with Gasteiger partial charge in [0.25, 0.3) is 10.0 Å². The summed E-state index contributed by atoms with van der Waals surface area (Å²) in [6, 6.07) is 10.1. The van der Waals surface area contributed by atoms with E-state index in [-0.39, 0.29) is 18.5 Å². The van der Waals surface area contributed by atoms with Gasteiger partial charge in [-0.1, -0.05) is 12.1 Å². The van der Waals surface area contributed by atoms with Crippen molar-refractivity contribution < 1.29 is 17.9 Å². The van der Waals surface area contributed by atoms with Crippen molar-refractivity contribution in [1.29, 1.82) is 0 Å². The zero-order valence-corrected chi connectivity index (χ0v) is 23.2. The van der Waals surface area contributed by atoms with Crippen LogP contribution in [0.5, 0.6) is 0 Å². The third-order valence-corrected chi connectivity index (χ3v) is 11.3. The summed E-state index contributed by atoms with van der Waals surface area (Å²) in [6.07, 6.45) is 4.98. The van der Waals surface area contributed by atoms with Crippen LogP contribution in [0.3, 0.4) is 0 Å². The van der Waals surface area contributed by atoms with Gasteiger partial charge in [-0.3, -0.25) is 4.90 Å². The second-order valence-corrected chi connectivity index (χ2v) is 13.5. The number of thiophene rings is 1. The van der Waals surface area contributed by atoms with Gasteiger partial charge in [-0.05, 0) is 49.6 Å². The van der Waals surface area contributed by atoms with E-state index in [0.717, 1.165) is 16.3 Å². The molecule has 0 bridgehead atoms. The zero-order chi connectivity index (χ0) is 26.9. The highest BCUT2D eigenvalue weighted by Gasteiger charge is 2.33. The van der Waals surface area contributed by atoms with Crippen LogP contribution in [0.4, 0.5) is 9.39 Å². The summed E-state index contributed by atoms with van der Waals surface area (Å²) in [7, 11) is -3.57. The van der Waals surface area contributed by atoms with Gasteiger partial charge in [0.2, 0.25) is 0 Å². The lowest BCUT2D eigenvalue weighted by atomic mass is 9.90. The molecule has 38 heavy (non-hydrogen) atoms. The van der Waals surface area contributed by atoms with Gasteiger partial charge in [0.05, 0.1) is 29.7 Å². The standard InChI is InChI=1S/C26H35FN6O3S2/c1-20(21-2-4-22(27)5-3-21)33-19-29-16-23(33)17-30-12-14-32(15-13-30)38(35,36)25-7-6-24(37-25)31-10-8-26(28,18-34)9-11-31/h2-7,16,19-20,34H,8-15,17-18,28H2,1H3. The first-order valence-corrected chi connectivity index (χ1v) is 15.2. The minimum atomic E-state index is -3.57. The number of hydrogen-bond acceptors (Lipinski definition) is 8. The smallest absolute Gasteiger partial charge is 0.252 e. The van der Waals surface area contributed by atoms with Gasteiger partial charge in [0.15, 0.2) is 0 Å². The Hall–Kier alpha value is -2.35. The first-order chi connectivity index (χ1) is 18.2. The number of halogens is 1. The quantitative estimate of drug-likeness (QED) is 0.434. The topological polar surface area (TPSA) is 108 Å².